The lowest BCUT2D eigenvalue weighted by Gasteiger charge is -2.12. The number of sulfonamides is 1. The Bertz CT molecular complexity index is 541. The predicted molar refractivity (Wildman–Crippen MR) is 71.5 cm³/mol. The van der Waals surface area contributed by atoms with Crippen LogP contribution in [0.25, 0.3) is 0 Å². The number of rotatable bonds is 5. The van der Waals surface area contributed by atoms with Gasteiger partial charge in [-0.1, -0.05) is 11.6 Å². The van der Waals surface area contributed by atoms with E-state index in [1.807, 2.05) is 0 Å². The monoisotopic (exact) mass is 305 g/mol. The Kier molecular flexibility index (Phi) is 4.81. The molecule has 0 aliphatic carbocycles. The molecule has 19 heavy (non-hydrogen) atoms. The Labute approximate surface area is 117 Å². The van der Waals surface area contributed by atoms with Crippen LogP contribution in [0.4, 0.5) is 0 Å². The maximum absolute atomic E-state index is 12.1. The summed E-state index contributed by atoms with van der Waals surface area (Å²) in [4.78, 5) is 0.0962. The molecule has 1 aliphatic heterocycles. The van der Waals surface area contributed by atoms with Crippen molar-refractivity contribution < 1.29 is 18.3 Å². The molecule has 1 saturated heterocycles. The summed E-state index contributed by atoms with van der Waals surface area (Å²) in [5, 5.41) is 9.44. The number of aliphatic hydroxyl groups is 1. The van der Waals surface area contributed by atoms with Crippen LogP contribution in [0.1, 0.15) is 18.4 Å². The van der Waals surface area contributed by atoms with E-state index in [9.17, 15) is 8.42 Å². The minimum atomic E-state index is -3.60. The molecule has 1 heterocycles. The molecule has 5 nitrogen and oxygen atoms in total. The topological polar surface area (TPSA) is 75.6 Å². The number of nitrogens with one attached hydrogen (secondary N) is 1. The van der Waals surface area contributed by atoms with Gasteiger partial charge in [0, 0.05) is 18.2 Å². The summed E-state index contributed by atoms with van der Waals surface area (Å²) in [5.74, 6) is 0. The summed E-state index contributed by atoms with van der Waals surface area (Å²) < 4.78 is 32.0. The first kappa shape index (κ1) is 14.7. The largest absolute Gasteiger partial charge is 0.392 e. The highest BCUT2D eigenvalue weighted by Crippen LogP contribution is 2.20. The van der Waals surface area contributed by atoms with E-state index in [0.717, 1.165) is 12.8 Å². The molecule has 0 radical (unpaired) electrons. The molecule has 1 aromatic carbocycles. The first-order chi connectivity index (χ1) is 9.03. The van der Waals surface area contributed by atoms with E-state index in [1.54, 1.807) is 0 Å². The van der Waals surface area contributed by atoms with E-state index < -0.39 is 10.0 Å². The third kappa shape index (κ3) is 3.67. The highest BCUT2D eigenvalue weighted by Gasteiger charge is 2.20. The van der Waals surface area contributed by atoms with E-state index in [0.29, 0.717) is 17.2 Å². The van der Waals surface area contributed by atoms with Crippen molar-refractivity contribution in [1.82, 2.24) is 4.72 Å². The zero-order valence-corrected chi connectivity index (χ0v) is 11.9. The predicted octanol–water partition coefficient (Wildman–Crippen LogP) is 1.29. The number of aliphatic hydroxyl groups excluding tert-OH is 1. The molecular formula is C12H16ClNO4S. The SMILES string of the molecule is O=S(=O)(NCC1CCCO1)c1ccc(Cl)c(CO)c1. The molecule has 0 aromatic heterocycles. The number of ether oxygens (including phenoxy) is 1. The van der Waals surface area contributed by atoms with Gasteiger partial charge in [0.2, 0.25) is 10.0 Å². The van der Waals surface area contributed by atoms with Crippen molar-refractivity contribution in [1.29, 1.82) is 0 Å². The van der Waals surface area contributed by atoms with Crippen LogP contribution in [0.2, 0.25) is 5.02 Å². The Morgan fingerprint density at radius 3 is 2.89 bits per heavy atom. The van der Waals surface area contributed by atoms with Gasteiger partial charge >= 0.3 is 0 Å². The quantitative estimate of drug-likeness (QED) is 0.859. The van der Waals surface area contributed by atoms with E-state index >= 15 is 0 Å². The van der Waals surface area contributed by atoms with Crippen LogP contribution >= 0.6 is 11.6 Å². The van der Waals surface area contributed by atoms with Gasteiger partial charge in [0.05, 0.1) is 17.6 Å². The maximum atomic E-state index is 12.1. The van der Waals surface area contributed by atoms with Crippen molar-refractivity contribution >= 4 is 21.6 Å². The van der Waals surface area contributed by atoms with Crippen molar-refractivity contribution in [3.8, 4) is 0 Å². The Balaban J connectivity index is 2.10. The zero-order valence-electron chi connectivity index (χ0n) is 10.3. The van der Waals surface area contributed by atoms with Gasteiger partial charge in [-0.15, -0.1) is 0 Å². The second kappa shape index (κ2) is 6.19. The highest BCUT2D eigenvalue weighted by molar-refractivity contribution is 7.89. The van der Waals surface area contributed by atoms with Crippen LogP contribution < -0.4 is 4.72 Å². The van der Waals surface area contributed by atoms with Crippen LogP contribution in [-0.4, -0.2) is 32.8 Å². The van der Waals surface area contributed by atoms with Gasteiger partial charge in [-0.2, -0.15) is 0 Å². The van der Waals surface area contributed by atoms with Crippen molar-refractivity contribution in [2.45, 2.75) is 30.4 Å². The molecule has 1 aliphatic rings. The van der Waals surface area contributed by atoms with Gasteiger partial charge in [-0.05, 0) is 36.6 Å². The normalized spacial score (nSPS) is 19.8. The number of hydrogen-bond donors (Lipinski definition) is 2. The summed E-state index contributed by atoms with van der Waals surface area (Å²) in [7, 11) is -3.60. The fourth-order valence-electron chi connectivity index (χ4n) is 1.93. The molecule has 7 heteroatoms. The highest BCUT2D eigenvalue weighted by atomic mass is 35.5. The fourth-order valence-corrected chi connectivity index (χ4v) is 3.22. The molecule has 2 N–H and O–H groups in total. The van der Waals surface area contributed by atoms with Crippen LogP contribution in [0, 0.1) is 0 Å². The number of halogens is 1. The second-order valence-electron chi connectivity index (χ2n) is 4.40. The van der Waals surface area contributed by atoms with Crippen LogP contribution in [0.5, 0.6) is 0 Å². The summed E-state index contributed by atoms with van der Waals surface area (Å²) in [6, 6.07) is 4.26. The van der Waals surface area contributed by atoms with Gasteiger partial charge in [-0.25, -0.2) is 13.1 Å². The van der Waals surface area contributed by atoms with Gasteiger partial charge in [0.25, 0.3) is 0 Å². The first-order valence-corrected chi connectivity index (χ1v) is 7.89. The van der Waals surface area contributed by atoms with Crippen molar-refractivity contribution in [2.24, 2.45) is 0 Å². The molecule has 0 spiro atoms. The van der Waals surface area contributed by atoms with E-state index in [2.05, 4.69) is 4.72 Å². The molecule has 1 atom stereocenters. The molecule has 0 bridgehead atoms. The van der Waals surface area contributed by atoms with Crippen LogP contribution in [0.3, 0.4) is 0 Å². The Hall–Kier alpha value is -0.660. The van der Waals surface area contributed by atoms with Crippen molar-refractivity contribution in [3.63, 3.8) is 0 Å². The van der Waals surface area contributed by atoms with Gasteiger partial charge < -0.3 is 9.84 Å². The third-order valence-corrected chi connectivity index (χ3v) is 4.81. The third-order valence-electron chi connectivity index (χ3n) is 3.02. The lowest BCUT2D eigenvalue weighted by Crippen LogP contribution is -2.31. The molecule has 1 unspecified atom stereocenters. The summed E-state index contributed by atoms with van der Waals surface area (Å²) >= 11 is 5.83. The first-order valence-electron chi connectivity index (χ1n) is 6.03. The molecule has 0 saturated carbocycles. The summed E-state index contributed by atoms with van der Waals surface area (Å²) in [6.45, 7) is 0.648. The lowest BCUT2D eigenvalue weighted by atomic mass is 10.2. The van der Waals surface area contributed by atoms with E-state index in [4.69, 9.17) is 21.4 Å². The minimum absolute atomic E-state index is 0.0561. The van der Waals surface area contributed by atoms with Crippen LogP contribution in [-0.2, 0) is 21.4 Å². The molecule has 1 fully saturated rings. The fraction of sp³-hybridized carbons (Fsp3) is 0.500. The van der Waals surface area contributed by atoms with E-state index in [1.165, 1.54) is 18.2 Å². The zero-order chi connectivity index (χ0) is 13.9. The second-order valence-corrected chi connectivity index (χ2v) is 6.57. The molecule has 0 amide bonds. The minimum Gasteiger partial charge on any atom is -0.392 e. The molecule has 1 aromatic rings. The number of benzene rings is 1. The molecule has 2 rings (SSSR count). The van der Waals surface area contributed by atoms with Crippen molar-refractivity contribution in [2.75, 3.05) is 13.2 Å². The standard InChI is InChI=1S/C12H16ClNO4S/c13-12-4-3-11(6-9(12)8-15)19(16,17)14-7-10-2-1-5-18-10/h3-4,6,10,14-15H,1-2,5,7-8H2. The Morgan fingerprint density at radius 1 is 1.47 bits per heavy atom. The average molecular weight is 306 g/mol. The van der Waals surface area contributed by atoms with Crippen molar-refractivity contribution in [3.05, 3.63) is 28.8 Å². The summed E-state index contributed by atoms with van der Waals surface area (Å²) in [6.07, 6.45) is 1.77. The smallest absolute Gasteiger partial charge is 0.240 e. The molecular weight excluding hydrogens is 290 g/mol. The van der Waals surface area contributed by atoms with Crippen LogP contribution in [0.15, 0.2) is 23.1 Å². The van der Waals surface area contributed by atoms with Gasteiger partial charge in [0.15, 0.2) is 0 Å². The molecule has 106 valence electrons. The summed E-state index contributed by atoms with van der Waals surface area (Å²) in [5.41, 5.74) is 0.390. The van der Waals surface area contributed by atoms with Gasteiger partial charge in [0.1, 0.15) is 0 Å². The number of hydrogen-bond acceptors (Lipinski definition) is 4. The average Bonchev–Trinajstić information content (AvgIpc) is 2.90. The van der Waals surface area contributed by atoms with Gasteiger partial charge in [-0.3, -0.25) is 0 Å². The van der Waals surface area contributed by atoms with E-state index in [-0.39, 0.29) is 24.2 Å². The lowest BCUT2D eigenvalue weighted by molar-refractivity contribution is 0.114. The maximum Gasteiger partial charge on any atom is 0.240 e. The Morgan fingerprint density at radius 2 is 2.26 bits per heavy atom.